The van der Waals surface area contributed by atoms with Crippen LogP contribution in [0.3, 0.4) is 0 Å². The average Bonchev–Trinajstić information content (AvgIpc) is 2.74. The van der Waals surface area contributed by atoms with Crippen LogP contribution in [0.15, 0.2) is 12.7 Å². The van der Waals surface area contributed by atoms with Gasteiger partial charge in [0.1, 0.15) is 18.7 Å². The fourth-order valence-corrected chi connectivity index (χ4v) is 1.80. The van der Waals surface area contributed by atoms with E-state index in [2.05, 4.69) is 15.4 Å². The second-order valence-electron chi connectivity index (χ2n) is 4.29. The highest BCUT2D eigenvalue weighted by Crippen LogP contribution is 2.26. The number of carbonyl (C=O) groups is 1. The average molecular weight is 224 g/mol. The van der Waals surface area contributed by atoms with Gasteiger partial charge in [-0.3, -0.25) is 4.79 Å². The molecular formula is C10H16N4O2. The number of nitrogens with zero attached hydrogens (tertiary/aromatic N) is 3. The molecule has 2 rings (SSSR count). The summed E-state index contributed by atoms with van der Waals surface area (Å²) in [6, 6.07) is -0.340. The summed E-state index contributed by atoms with van der Waals surface area (Å²) >= 11 is 0. The van der Waals surface area contributed by atoms with Crippen molar-refractivity contribution in [1.29, 1.82) is 0 Å². The van der Waals surface area contributed by atoms with Gasteiger partial charge in [0.25, 0.3) is 0 Å². The Morgan fingerprint density at radius 3 is 3.00 bits per heavy atom. The van der Waals surface area contributed by atoms with E-state index in [1.807, 2.05) is 0 Å². The third-order valence-corrected chi connectivity index (χ3v) is 2.99. The van der Waals surface area contributed by atoms with Gasteiger partial charge >= 0.3 is 0 Å². The molecule has 0 aromatic carbocycles. The van der Waals surface area contributed by atoms with Crippen LogP contribution in [0.1, 0.15) is 25.8 Å². The van der Waals surface area contributed by atoms with Gasteiger partial charge in [-0.05, 0) is 25.7 Å². The molecule has 0 spiro atoms. The van der Waals surface area contributed by atoms with Gasteiger partial charge in [0.05, 0.1) is 6.10 Å². The van der Waals surface area contributed by atoms with Crippen LogP contribution in [-0.2, 0) is 4.79 Å². The summed E-state index contributed by atoms with van der Waals surface area (Å²) in [6.07, 6.45) is 4.34. The first-order valence-electron chi connectivity index (χ1n) is 5.46. The molecule has 0 saturated heterocycles. The number of nitrogens with one attached hydrogen (secondary N) is 1. The second kappa shape index (κ2) is 4.61. The number of rotatable bonds is 4. The lowest BCUT2D eigenvalue weighted by Gasteiger charge is -2.31. The van der Waals surface area contributed by atoms with E-state index in [1.165, 1.54) is 17.3 Å². The quantitative estimate of drug-likeness (QED) is 0.737. The highest BCUT2D eigenvalue weighted by Gasteiger charge is 2.27. The molecule has 6 heteroatoms. The first kappa shape index (κ1) is 11.1. The Bertz CT molecular complexity index is 346. The number of carbonyl (C=O) groups excluding carboxylic acids is 1. The third-order valence-electron chi connectivity index (χ3n) is 2.99. The van der Waals surface area contributed by atoms with Gasteiger partial charge in [-0.15, -0.1) is 0 Å². The van der Waals surface area contributed by atoms with Crippen LogP contribution in [0.25, 0.3) is 0 Å². The molecule has 1 unspecified atom stereocenters. The lowest BCUT2D eigenvalue weighted by atomic mass is 9.82. The summed E-state index contributed by atoms with van der Waals surface area (Å²) in [5.74, 6) is 0.355. The number of hydrogen-bond donors (Lipinski definition) is 2. The molecule has 1 aliphatic carbocycles. The molecule has 1 fully saturated rings. The Kier molecular flexibility index (Phi) is 3.19. The van der Waals surface area contributed by atoms with E-state index in [0.717, 1.165) is 12.8 Å². The number of aliphatic hydroxyl groups excluding tert-OH is 1. The molecule has 16 heavy (non-hydrogen) atoms. The topological polar surface area (TPSA) is 80.0 Å². The van der Waals surface area contributed by atoms with E-state index >= 15 is 0 Å². The first-order valence-corrected chi connectivity index (χ1v) is 5.46. The van der Waals surface area contributed by atoms with Crippen molar-refractivity contribution in [2.45, 2.75) is 31.9 Å². The molecule has 0 aliphatic heterocycles. The summed E-state index contributed by atoms with van der Waals surface area (Å²) < 4.78 is 1.52. The van der Waals surface area contributed by atoms with E-state index in [1.54, 1.807) is 6.92 Å². The van der Waals surface area contributed by atoms with Crippen LogP contribution < -0.4 is 5.32 Å². The standard InChI is InChI=1S/C10H16N4O2/c1-7(14-6-11-5-13-14)10(16)12-4-8-2-9(15)3-8/h5-9,15H,2-4H2,1H3,(H,12,16). The van der Waals surface area contributed by atoms with E-state index < -0.39 is 0 Å². The zero-order valence-corrected chi connectivity index (χ0v) is 9.21. The maximum Gasteiger partial charge on any atom is 0.244 e. The summed E-state index contributed by atoms with van der Waals surface area (Å²) in [7, 11) is 0. The maximum atomic E-state index is 11.7. The highest BCUT2D eigenvalue weighted by atomic mass is 16.3. The zero-order chi connectivity index (χ0) is 11.5. The van der Waals surface area contributed by atoms with Gasteiger partial charge in [0.15, 0.2) is 0 Å². The third kappa shape index (κ3) is 2.38. The highest BCUT2D eigenvalue weighted by molar-refractivity contribution is 5.79. The molecule has 6 nitrogen and oxygen atoms in total. The van der Waals surface area contributed by atoms with E-state index in [-0.39, 0.29) is 18.1 Å². The molecule has 1 aromatic rings. The van der Waals surface area contributed by atoms with Crippen LogP contribution in [0.4, 0.5) is 0 Å². The van der Waals surface area contributed by atoms with Crippen LogP contribution in [0, 0.1) is 5.92 Å². The molecule has 1 aliphatic rings. The van der Waals surface area contributed by atoms with Gasteiger partial charge in [0, 0.05) is 6.54 Å². The van der Waals surface area contributed by atoms with E-state index in [0.29, 0.717) is 12.5 Å². The maximum absolute atomic E-state index is 11.7. The largest absolute Gasteiger partial charge is 0.393 e. The number of hydrogen-bond acceptors (Lipinski definition) is 4. The molecule has 2 N–H and O–H groups in total. The Balaban J connectivity index is 1.75. The Hall–Kier alpha value is -1.43. The molecule has 0 bridgehead atoms. The SMILES string of the molecule is CC(C(=O)NCC1CC(O)C1)n1cncn1. The predicted octanol–water partition coefficient (Wildman–Crippen LogP) is -0.274. The summed E-state index contributed by atoms with van der Waals surface area (Å²) in [5.41, 5.74) is 0. The second-order valence-corrected chi connectivity index (χ2v) is 4.29. The molecule has 88 valence electrons. The van der Waals surface area contributed by atoms with Gasteiger partial charge in [-0.2, -0.15) is 5.10 Å². The van der Waals surface area contributed by atoms with Gasteiger partial charge in [-0.1, -0.05) is 0 Å². The van der Waals surface area contributed by atoms with Crippen molar-refractivity contribution in [3.8, 4) is 0 Å². The molecule has 1 atom stereocenters. The molecule has 1 saturated carbocycles. The van der Waals surface area contributed by atoms with Gasteiger partial charge in [0.2, 0.25) is 5.91 Å². The van der Waals surface area contributed by atoms with Crippen molar-refractivity contribution in [2.75, 3.05) is 6.54 Å². The predicted molar refractivity (Wildman–Crippen MR) is 56.5 cm³/mol. The molecule has 0 radical (unpaired) electrons. The first-order chi connectivity index (χ1) is 7.66. The minimum atomic E-state index is -0.340. The molecule has 1 aromatic heterocycles. The molecule has 1 amide bonds. The van der Waals surface area contributed by atoms with Crippen LogP contribution >= 0.6 is 0 Å². The monoisotopic (exact) mass is 224 g/mol. The van der Waals surface area contributed by atoms with Crippen LogP contribution in [0.5, 0.6) is 0 Å². The van der Waals surface area contributed by atoms with Crippen LogP contribution in [-0.4, -0.2) is 38.4 Å². The van der Waals surface area contributed by atoms with Crippen molar-refractivity contribution in [1.82, 2.24) is 20.1 Å². The number of aromatic nitrogens is 3. The summed E-state index contributed by atoms with van der Waals surface area (Å²) in [6.45, 7) is 2.41. The summed E-state index contributed by atoms with van der Waals surface area (Å²) in [4.78, 5) is 15.5. The van der Waals surface area contributed by atoms with Gasteiger partial charge < -0.3 is 10.4 Å². The Morgan fingerprint density at radius 2 is 2.44 bits per heavy atom. The van der Waals surface area contributed by atoms with Gasteiger partial charge in [-0.25, -0.2) is 9.67 Å². The number of aliphatic hydroxyl groups is 1. The van der Waals surface area contributed by atoms with Crippen molar-refractivity contribution < 1.29 is 9.90 Å². The van der Waals surface area contributed by atoms with Crippen molar-refractivity contribution in [3.05, 3.63) is 12.7 Å². The molecular weight excluding hydrogens is 208 g/mol. The lowest BCUT2D eigenvalue weighted by molar-refractivity contribution is -0.124. The fourth-order valence-electron chi connectivity index (χ4n) is 1.80. The minimum absolute atomic E-state index is 0.0631. The van der Waals surface area contributed by atoms with Crippen molar-refractivity contribution in [2.24, 2.45) is 5.92 Å². The fraction of sp³-hybridized carbons (Fsp3) is 0.700. The molecule has 1 heterocycles. The number of amides is 1. The normalized spacial score (nSPS) is 25.9. The Morgan fingerprint density at radius 1 is 1.69 bits per heavy atom. The minimum Gasteiger partial charge on any atom is -0.393 e. The van der Waals surface area contributed by atoms with Crippen LogP contribution in [0.2, 0.25) is 0 Å². The smallest absolute Gasteiger partial charge is 0.244 e. The van der Waals surface area contributed by atoms with E-state index in [9.17, 15) is 4.79 Å². The summed E-state index contributed by atoms with van der Waals surface area (Å²) in [5, 5.41) is 15.9. The lowest BCUT2D eigenvalue weighted by Crippen LogP contribution is -2.40. The van der Waals surface area contributed by atoms with Crippen molar-refractivity contribution >= 4 is 5.91 Å². The Labute approximate surface area is 93.7 Å². The van der Waals surface area contributed by atoms with Crippen molar-refractivity contribution in [3.63, 3.8) is 0 Å². The van der Waals surface area contributed by atoms with E-state index in [4.69, 9.17) is 5.11 Å². The zero-order valence-electron chi connectivity index (χ0n) is 9.21.